The maximum Gasteiger partial charge on any atom is -0.106 e. The highest BCUT2D eigenvalue weighted by Crippen LogP contribution is 0.862. The van der Waals surface area contributed by atoms with Crippen molar-refractivity contribution >= 4 is 0 Å². The second kappa shape index (κ2) is 63.4. The fourth-order valence-corrected chi connectivity index (χ4v) is 0. The molecule has 26 valence electrons. The maximum absolute atomic E-state index is 4.00. The smallest absolute Gasteiger partial charge is 0.106 e. The van der Waals surface area contributed by atoms with E-state index < -0.39 is 0 Å². The average Bonchev–Trinajstić information content (AvgIpc) is 1.50. The Kier molecular flexibility index (Phi) is 149. The molecule has 0 bridgehead atoms. The van der Waals surface area contributed by atoms with Gasteiger partial charge in [0, 0.05) is 0 Å². The predicted molar refractivity (Wildman–Crippen MR) is 19.6 cm³/mol. The van der Waals surface area contributed by atoms with Gasteiger partial charge in [-0.25, -0.2) is 0 Å². The van der Waals surface area contributed by atoms with Gasteiger partial charge in [0.15, 0.2) is 0 Å². The van der Waals surface area contributed by atoms with Crippen molar-refractivity contribution in [3.8, 4) is 0 Å². The highest BCUT2D eigenvalue weighted by atomic mass is 15.0. The van der Waals surface area contributed by atoms with Crippen LogP contribution in [-0.2, 0) is 0 Å². The fraction of sp³-hybridized carbons (Fsp3) is 0. The quantitative estimate of drug-likeness (QED) is 0.227. The molecule has 4 heavy (non-hydrogen) atoms. The SMILES string of the molecule is C=C.NN. The molecule has 2 heteroatoms. The van der Waals surface area contributed by atoms with Crippen LogP contribution in [0.5, 0.6) is 0 Å². The molecule has 0 heterocycles. The van der Waals surface area contributed by atoms with Gasteiger partial charge in [-0.05, 0) is 0 Å². The van der Waals surface area contributed by atoms with Gasteiger partial charge in [-0.3, -0.25) is 11.7 Å². The van der Waals surface area contributed by atoms with Crippen molar-refractivity contribution in [2.45, 2.75) is 0 Å². The van der Waals surface area contributed by atoms with Crippen molar-refractivity contribution in [1.29, 1.82) is 0 Å². The molecule has 0 aromatic heterocycles. The van der Waals surface area contributed by atoms with E-state index in [0.717, 1.165) is 0 Å². The van der Waals surface area contributed by atoms with Crippen LogP contribution in [0.4, 0.5) is 0 Å². The molecule has 0 aliphatic rings. The Labute approximate surface area is 26.1 Å². The molecule has 0 saturated carbocycles. The molecule has 0 spiro atoms. The summed E-state index contributed by atoms with van der Waals surface area (Å²) in [6.45, 7) is 6.00. The molecule has 2 nitrogen and oxygen atoms in total. The minimum atomic E-state index is 3.00. The van der Waals surface area contributed by atoms with E-state index in [9.17, 15) is 0 Å². The molecule has 0 aliphatic heterocycles. The first-order valence-corrected chi connectivity index (χ1v) is 0.833. The summed E-state index contributed by atoms with van der Waals surface area (Å²) in [4.78, 5) is 0. The van der Waals surface area contributed by atoms with E-state index in [-0.39, 0.29) is 0 Å². The standard InChI is InChI=1S/C2H4.H4N2/c2*1-2/h2*1-2H2. The van der Waals surface area contributed by atoms with Crippen molar-refractivity contribution in [1.82, 2.24) is 0 Å². The normalized spacial score (nSPS) is 2.50. The van der Waals surface area contributed by atoms with Crippen molar-refractivity contribution in [3.05, 3.63) is 13.2 Å². The number of hydrazine groups is 1. The summed E-state index contributed by atoms with van der Waals surface area (Å²) < 4.78 is 0. The molecular weight excluding hydrogens is 52.0 g/mol. The fourth-order valence-electron chi connectivity index (χ4n) is 0. The Hall–Kier alpha value is -0.340. The molecule has 0 unspecified atom stereocenters. The Morgan fingerprint density at radius 1 is 1.00 bits per heavy atom. The van der Waals surface area contributed by atoms with Crippen molar-refractivity contribution in [2.24, 2.45) is 11.7 Å². The zero-order valence-corrected chi connectivity index (χ0v) is 2.57. The first-order chi connectivity index (χ1) is 2.00. The summed E-state index contributed by atoms with van der Waals surface area (Å²) >= 11 is 0. The Morgan fingerprint density at radius 2 is 1.00 bits per heavy atom. The summed E-state index contributed by atoms with van der Waals surface area (Å²) in [5, 5.41) is 0. The van der Waals surface area contributed by atoms with Crippen LogP contribution < -0.4 is 11.7 Å². The van der Waals surface area contributed by atoms with Gasteiger partial charge in [-0.1, -0.05) is 0 Å². The summed E-state index contributed by atoms with van der Waals surface area (Å²) in [5.41, 5.74) is 0. The molecule has 0 amide bonds. The number of nitrogens with two attached hydrogens (primary N) is 2. The Balaban J connectivity index is 0. The van der Waals surface area contributed by atoms with Crippen LogP contribution >= 0.6 is 0 Å². The lowest BCUT2D eigenvalue weighted by Crippen LogP contribution is -2.02. The lowest BCUT2D eigenvalue weighted by atomic mass is 11.3. The van der Waals surface area contributed by atoms with E-state index in [1.807, 2.05) is 0 Å². The first-order valence-electron chi connectivity index (χ1n) is 0.833. The van der Waals surface area contributed by atoms with Crippen molar-refractivity contribution in [3.63, 3.8) is 0 Å². The third-order valence-electron chi connectivity index (χ3n) is 0. The molecule has 0 aromatic rings. The van der Waals surface area contributed by atoms with E-state index in [1.54, 1.807) is 0 Å². The molecule has 0 rings (SSSR count). The van der Waals surface area contributed by atoms with Crippen LogP contribution in [0.2, 0.25) is 0 Å². The average molecular weight is 60.1 g/mol. The number of hydrogen-bond acceptors (Lipinski definition) is 2. The number of rotatable bonds is 0. The molecule has 0 aromatic carbocycles. The molecule has 0 aliphatic carbocycles. The van der Waals surface area contributed by atoms with Crippen LogP contribution in [0.1, 0.15) is 0 Å². The van der Waals surface area contributed by atoms with Crippen molar-refractivity contribution in [2.75, 3.05) is 0 Å². The van der Waals surface area contributed by atoms with E-state index >= 15 is 0 Å². The van der Waals surface area contributed by atoms with Crippen molar-refractivity contribution < 1.29 is 0 Å². The molecule has 0 radical (unpaired) electrons. The third-order valence-corrected chi connectivity index (χ3v) is 0. The molecule has 0 saturated heterocycles. The highest BCUT2D eigenvalue weighted by Gasteiger charge is 0.726. The molecule has 0 atom stereocenters. The zero-order valence-electron chi connectivity index (χ0n) is 2.57. The summed E-state index contributed by atoms with van der Waals surface area (Å²) in [5.74, 6) is 8.00. The monoisotopic (exact) mass is 60.1 g/mol. The van der Waals surface area contributed by atoms with Gasteiger partial charge in [0.25, 0.3) is 0 Å². The van der Waals surface area contributed by atoms with E-state index in [2.05, 4.69) is 24.8 Å². The summed E-state index contributed by atoms with van der Waals surface area (Å²) in [7, 11) is 0. The number of hydrogen-bond donors (Lipinski definition) is 2. The Morgan fingerprint density at radius 3 is 1.00 bits per heavy atom. The summed E-state index contributed by atoms with van der Waals surface area (Å²) in [6.07, 6.45) is 0. The largest absolute Gasteiger partial charge is 0.274 e. The topological polar surface area (TPSA) is 52.0 Å². The van der Waals surface area contributed by atoms with Gasteiger partial charge in [-0.15, -0.1) is 13.2 Å². The van der Waals surface area contributed by atoms with Gasteiger partial charge in [0.2, 0.25) is 0 Å². The second-order valence-corrected chi connectivity index (χ2v) is 0. The Bertz CT molecular complexity index is 4.00. The minimum absolute atomic E-state index is 3.00. The van der Waals surface area contributed by atoms with E-state index in [4.69, 9.17) is 0 Å². The lowest BCUT2D eigenvalue weighted by molar-refractivity contribution is 1.26. The molecule has 0 fully saturated rings. The van der Waals surface area contributed by atoms with Gasteiger partial charge in [0.1, 0.15) is 0 Å². The van der Waals surface area contributed by atoms with Crippen LogP contribution in [0, 0.1) is 0 Å². The second-order valence-electron chi connectivity index (χ2n) is 0. The van der Waals surface area contributed by atoms with Gasteiger partial charge in [0.05, 0.1) is 0 Å². The lowest BCUT2D eigenvalue weighted by Gasteiger charge is -1.27. The van der Waals surface area contributed by atoms with Crippen LogP contribution in [-0.4, -0.2) is 0 Å². The van der Waals surface area contributed by atoms with Gasteiger partial charge < -0.3 is 0 Å². The molecular formula is C2H8N2. The van der Waals surface area contributed by atoms with Crippen LogP contribution in [0.3, 0.4) is 0 Å². The van der Waals surface area contributed by atoms with E-state index in [0.29, 0.717) is 0 Å². The predicted octanol–water partition coefficient (Wildman–Crippen LogP) is -0.379. The van der Waals surface area contributed by atoms with E-state index in [1.165, 1.54) is 0 Å². The minimum Gasteiger partial charge on any atom is -0.274 e. The van der Waals surface area contributed by atoms with Crippen LogP contribution in [0.15, 0.2) is 13.2 Å². The first kappa shape index (κ1) is 9.40. The summed E-state index contributed by atoms with van der Waals surface area (Å²) in [6, 6.07) is 0. The van der Waals surface area contributed by atoms with Crippen LogP contribution in [0.25, 0.3) is 0 Å². The van der Waals surface area contributed by atoms with Gasteiger partial charge in [-0.2, -0.15) is 0 Å². The zero-order chi connectivity index (χ0) is 4.00. The molecule has 4 N–H and O–H groups in total. The highest BCUT2D eigenvalue weighted by molar-refractivity contribution is 4.22. The third kappa shape index (κ3) is 6.26. The maximum atomic E-state index is 4.00. The van der Waals surface area contributed by atoms with Gasteiger partial charge >= 0.3 is 0 Å².